The van der Waals surface area contributed by atoms with Crippen LogP contribution in [-0.2, 0) is 22.3 Å². The second-order valence-electron chi connectivity index (χ2n) is 7.29. The van der Waals surface area contributed by atoms with Crippen LogP contribution in [0.2, 0.25) is 0 Å². The molecule has 0 aliphatic rings. The van der Waals surface area contributed by atoms with Gasteiger partial charge in [-0.15, -0.1) is 0 Å². The molecule has 0 N–H and O–H groups in total. The van der Waals surface area contributed by atoms with Gasteiger partial charge in [-0.3, -0.25) is 0 Å². The third-order valence-electron chi connectivity index (χ3n) is 4.57. The topological polar surface area (TPSA) is 76.3 Å². The smallest absolute Gasteiger partial charge is 0.242 e. The lowest BCUT2D eigenvalue weighted by atomic mass is 10.0. The number of benzene rings is 2. The second-order valence-corrected chi connectivity index (χ2v) is 9.37. The monoisotopic (exact) mass is 399 g/mol. The Balaban J connectivity index is 1.70. The highest BCUT2D eigenvalue weighted by atomic mass is 32.2. The molecule has 1 heterocycles. The van der Waals surface area contributed by atoms with E-state index in [1.807, 2.05) is 55.5 Å². The fourth-order valence-electron chi connectivity index (χ4n) is 2.87. The van der Waals surface area contributed by atoms with Crippen molar-refractivity contribution in [3.05, 3.63) is 71.1 Å². The number of sulfonamides is 1. The Hall–Kier alpha value is -2.51. The Morgan fingerprint density at radius 3 is 2.46 bits per heavy atom. The van der Waals surface area contributed by atoms with E-state index in [1.165, 1.54) is 16.9 Å². The van der Waals surface area contributed by atoms with Crippen LogP contribution in [0.1, 0.15) is 42.3 Å². The molecule has 3 aromatic rings. The van der Waals surface area contributed by atoms with E-state index in [2.05, 4.69) is 24.0 Å². The first-order valence-corrected chi connectivity index (χ1v) is 10.8. The number of aromatic nitrogens is 2. The SMILES string of the molecule is Cc1cccc(CS(=O)(=O)N(C)Cc2nc(-c3ccc(C(C)C)cc3)no2)c1. The molecule has 28 heavy (non-hydrogen) atoms. The Kier molecular flexibility index (Phi) is 5.96. The van der Waals surface area contributed by atoms with Crippen LogP contribution in [0.3, 0.4) is 0 Å². The minimum atomic E-state index is -3.49. The summed E-state index contributed by atoms with van der Waals surface area (Å²) < 4.78 is 31.8. The molecule has 148 valence electrons. The predicted molar refractivity (Wildman–Crippen MR) is 109 cm³/mol. The maximum Gasteiger partial charge on any atom is 0.242 e. The number of aryl methyl sites for hydroxylation is 1. The minimum Gasteiger partial charge on any atom is -0.338 e. The summed E-state index contributed by atoms with van der Waals surface area (Å²) in [4.78, 5) is 4.35. The molecule has 0 atom stereocenters. The standard InChI is InChI=1S/C21H25N3O3S/c1-15(2)18-8-10-19(11-9-18)21-22-20(27-23-21)13-24(4)28(25,26)14-17-7-5-6-16(3)12-17/h5-12,15H,13-14H2,1-4H3. The number of nitrogens with zero attached hydrogens (tertiary/aromatic N) is 3. The average molecular weight is 400 g/mol. The second kappa shape index (κ2) is 8.24. The van der Waals surface area contributed by atoms with Crippen molar-refractivity contribution in [3.63, 3.8) is 0 Å². The van der Waals surface area contributed by atoms with Crippen LogP contribution in [-0.4, -0.2) is 29.9 Å². The zero-order valence-corrected chi connectivity index (χ0v) is 17.4. The van der Waals surface area contributed by atoms with Gasteiger partial charge in [0.25, 0.3) is 0 Å². The quantitative estimate of drug-likeness (QED) is 0.597. The van der Waals surface area contributed by atoms with Crippen molar-refractivity contribution in [2.75, 3.05) is 7.05 Å². The Bertz CT molecular complexity index is 1040. The summed E-state index contributed by atoms with van der Waals surface area (Å²) in [5, 5.41) is 3.98. The van der Waals surface area contributed by atoms with E-state index in [1.54, 1.807) is 0 Å². The highest BCUT2D eigenvalue weighted by molar-refractivity contribution is 7.88. The lowest BCUT2D eigenvalue weighted by molar-refractivity contribution is 0.336. The maximum atomic E-state index is 12.6. The largest absolute Gasteiger partial charge is 0.338 e. The first-order chi connectivity index (χ1) is 13.2. The summed E-state index contributed by atoms with van der Waals surface area (Å²) in [5.74, 6) is 1.10. The molecule has 0 aliphatic heterocycles. The fraction of sp³-hybridized carbons (Fsp3) is 0.333. The molecule has 0 spiro atoms. The minimum absolute atomic E-state index is 0.0330. The van der Waals surface area contributed by atoms with Crippen LogP contribution in [0.15, 0.2) is 53.1 Å². The molecule has 0 saturated carbocycles. The molecule has 0 radical (unpaired) electrons. The van der Waals surface area contributed by atoms with E-state index in [4.69, 9.17) is 4.52 Å². The van der Waals surface area contributed by atoms with Gasteiger partial charge in [-0.05, 0) is 24.0 Å². The Morgan fingerprint density at radius 1 is 1.11 bits per heavy atom. The van der Waals surface area contributed by atoms with Gasteiger partial charge in [0, 0.05) is 12.6 Å². The average Bonchev–Trinajstić information content (AvgIpc) is 3.10. The molecule has 1 aromatic heterocycles. The van der Waals surface area contributed by atoms with Gasteiger partial charge in [-0.1, -0.05) is 73.1 Å². The van der Waals surface area contributed by atoms with E-state index >= 15 is 0 Å². The van der Waals surface area contributed by atoms with E-state index in [-0.39, 0.29) is 18.2 Å². The summed E-state index contributed by atoms with van der Waals surface area (Å²) in [7, 11) is -1.97. The maximum absolute atomic E-state index is 12.6. The van der Waals surface area contributed by atoms with Crippen molar-refractivity contribution in [2.45, 2.75) is 39.0 Å². The molecule has 0 fully saturated rings. The third kappa shape index (κ3) is 4.85. The molecule has 3 rings (SSSR count). The van der Waals surface area contributed by atoms with Crippen molar-refractivity contribution >= 4 is 10.0 Å². The van der Waals surface area contributed by atoms with Gasteiger partial charge < -0.3 is 4.52 Å². The summed E-state index contributed by atoms with van der Waals surface area (Å²) in [6.45, 7) is 6.24. The summed E-state index contributed by atoms with van der Waals surface area (Å²) in [5.41, 5.74) is 3.85. The van der Waals surface area contributed by atoms with Gasteiger partial charge in [0.1, 0.15) is 0 Å². The molecule has 2 aromatic carbocycles. The normalized spacial score (nSPS) is 12.1. The van der Waals surface area contributed by atoms with E-state index in [0.29, 0.717) is 11.7 Å². The molecule has 7 heteroatoms. The Labute approximate surface area is 166 Å². The van der Waals surface area contributed by atoms with Crippen LogP contribution in [0.25, 0.3) is 11.4 Å². The van der Waals surface area contributed by atoms with Crippen molar-refractivity contribution in [2.24, 2.45) is 0 Å². The highest BCUT2D eigenvalue weighted by Gasteiger charge is 2.21. The van der Waals surface area contributed by atoms with Crippen LogP contribution in [0.5, 0.6) is 0 Å². The lowest BCUT2D eigenvalue weighted by Crippen LogP contribution is -2.27. The van der Waals surface area contributed by atoms with Gasteiger partial charge >= 0.3 is 0 Å². The molecule has 0 bridgehead atoms. The Morgan fingerprint density at radius 2 is 1.82 bits per heavy atom. The van der Waals surface area contributed by atoms with E-state index in [0.717, 1.165) is 16.7 Å². The van der Waals surface area contributed by atoms with Gasteiger partial charge in [-0.2, -0.15) is 9.29 Å². The van der Waals surface area contributed by atoms with Crippen molar-refractivity contribution in [3.8, 4) is 11.4 Å². The molecule has 0 saturated heterocycles. The lowest BCUT2D eigenvalue weighted by Gasteiger charge is -2.15. The number of rotatable bonds is 7. The first-order valence-electron chi connectivity index (χ1n) is 9.17. The summed E-state index contributed by atoms with van der Waals surface area (Å²) in [6.07, 6.45) is 0. The van der Waals surface area contributed by atoms with Crippen molar-refractivity contribution in [1.82, 2.24) is 14.4 Å². The molecule has 0 aliphatic carbocycles. The predicted octanol–water partition coefficient (Wildman–Crippen LogP) is 4.13. The van der Waals surface area contributed by atoms with Gasteiger partial charge in [0.2, 0.25) is 21.7 Å². The van der Waals surface area contributed by atoms with Crippen LogP contribution in [0, 0.1) is 6.92 Å². The summed E-state index contributed by atoms with van der Waals surface area (Å²) in [6, 6.07) is 15.4. The van der Waals surface area contributed by atoms with Gasteiger partial charge in [0.15, 0.2) is 0 Å². The van der Waals surface area contributed by atoms with Crippen molar-refractivity contribution < 1.29 is 12.9 Å². The molecule has 0 unspecified atom stereocenters. The van der Waals surface area contributed by atoms with Crippen LogP contribution >= 0.6 is 0 Å². The molecule has 6 nitrogen and oxygen atoms in total. The summed E-state index contributed by atoms with van der Waals surface area (Å²) >= 11 is 0. The zero-order valence-electron chi connectivity index (χ0n) is 16.6. The molecule has 0 amide bonds. The van der Waals surface area contributed by atoms with Crippen molar-refractivity contribution in [1.29, 1.82) is 0 Å². The molecular weight excluding hydrogens is 374 g/mol. The first kappa shape index (κ1) is 20.2. The van der Waals surface area contributed by atoms with E-state index < -0.39 is 10.0 Å². The zero-order chi connectivity index (χ0) is 20.3. The molecular formula is C21H25N3O3S. The highest BCUT2D eigenvalue weighted by Crippen LogP contribution is 2.21. The van der Waals surface area contributed by atoms with Gasteiger partial charge in [0.05, 0.1) is 12.3 Å². The number of hydrogen-bond donors (Lipinski definition) is 0. The van der Waals surface area contributed by atoms with E-state index in [9.17, 15) is 8.42 Å². The van der Waals surface area contributed by atoms with Gasteiger partial charge in [-0.25, -0.2) is 8.42 Å². The van der Waals surface area contributed by atoms with Crippen LogP contribution in [0.4, 0.5) is 0 Å². The fourth-order valence-corrected chi connectivity index (χ4v) is 3.99. The third-order valence-corrected chi connectivity index (χ3v) is 6.34. The van der Waals surface area contributed by atoms with Crippen LogP contribution < -0.4 is 0 Å². The number of hydrogen-bond acceptors (Lipinski definition) is 5.